The minimum atomic E-state index is -4.39. The van der Waals surface area contributed by atoms with E-state index in [0.29, 0.717) is 6.04 Å². The number of piperidine rings is 1. The van der Waals surface area contributed by atoms with E-state index in [0.717, 1.165) is 38.1 Å². The molecular formula is C22H25F3N2O2. The van der Waals surface area contributed by atoms with Gasteiger partial charge in [0.05, 0.1) is 5.56 Å². The topological polar surface area (TPSA) is 41.6 Å². The number of halogens is 3. The van der Waals surface area contributed by atoms with Crippen LogP contribution < -0.4 is 10.1 Å². The van der Waals surface area contributed by atoms with Gasteiger partial charge in [0.15, 0.2) is 6.61 Å². The van der Waals surface area contributed by atoms with Crippen molar-refractivity contribution in [2.45, 2.75) is 44.6 Å². The smallest absolute Gasteiger partial charge is 0.416 e. The highest BCUT2D eigenvalue weighted by atomic mass is 19.4. The fourth-order valence-corrected chi connectivity index (χ4v) is 3.56. The van der Waals surface area contributed by atoms with Gasteiger partial charge in [-0.2, -0.15) is 13.2 Å². The first-order valence-corrected chi connectivity index (χ1v) is 9.68. The molecule has 0 radical (unpaired) electrons. The molecule has 1 amide bonds. The number of hydrogen-bond acceptors (Lipinski definition) is 3. The lowest BCUT2D eigenvalue weighted by Crippen LogP contribution is -2.49. The van der Waals surface area contributed by atoms with Crippen molar-refractivity contribution in [3.8, 4) is 5.75 Å². The molecule has 1 heterocycles. The van der Waals surface area contributed by atoms with Crippen LogP contribution in [-0.2, 0) is 17.5 Å². The maximum Gasteiger partial charge on any atom is 0.416 e. The number of likely N-dealkylation sites (tertiary alicyclic amines) is 1. The van der Waals surface area contributed by atoms with Crippen molar-refractivity contribution in [2.24, 2.45) is 0 Å². The fraction of sp³-hybridized carbons (Fsp3) is 0.409. The Morgan fingerprint density at radius 3 is 2.45 bits per heavy atom. The molecular weight excluding hydrogens is 381 g/mol. The van der Waals surface area contributed by atoms with Crippen LogP contribution in [0.1, 0.15) is 30.9 Å². The predicted octanol–water partition coefficient (Wildman–Crippen LogP) is 4.25. The average Bonchev–Trinajstić information content (AvgIpc) is 2.69. The molecule has 1 fully saturated rings. The third kappa shape index (κ3) is 6.22. The van der Waals surface area contributed by atoms with Crippen LogP contribution in [0.5, 0.6) is 5.75 Å². The molecule has 156 valence electrons. The van der Waals surface area contributed by atoms with Gasteiger partial charge in [-0.3, -0.25) is 9.69 Å². The highest BCUT2D eigenvalue weighted by molar-refractivity contribution is 5.77. The number of benzene rings is 2. The lowest BCUT2D eigenvalue weighted by atomic mass is 9.97. The van der Waals surface area contributed by atoms with E-state index in [-0.39, 0.29) is 24.3 Å². The standard InChI is InChI=1S/C22H25F3N2O2/c1-16-13-19(11-12-27(16)14-17-5-3-2-4-6-17)26-21(28)15-29-20-9-7-18(8-10-20)22(23,24)25/h2-10,16,19H,11-15H2,1H3,(H,26,28)/t16-,19+/m1/s1. The van der Waals surface area contributed by atoms with Gasteiger partial charge in [0.1, 0.15) is 5.75 Å². The number of nitrogens with one attached hydrogen (secondary N) is 1. The third-order valence-electron chi connectivity index (χ3n) is 5.16. The minimum absolute atomic E-state index is 0.0701. The lowest BCUT2D eigenvalue weighted by molar-refractivity contribution is -0.137. The van der Waals surface area contributed by atoms with Gasteiger partial charge in [0.2, 0.25) is 0 Å². The third-order valence-corrected chi connectivity index (χ3v) is 5.16. The molecule has 1 N–H and O–H groups in total. The van der Waals surface area contributed by atoms with E-state index in [1.54, 1.807) is 0 Å². The lowest BCUT2D eigenvalue weighted by Gasteiger charge is -2.38. The molecule has 1 aliphatic rings. The molecule has 0 aliphatic carbocycles. The van der Waals surface area contributed by atoms with Crippen molar-refractivity contribution >= 4 is 5.91 Å². The molecule has 0 aromatic heterocycles. The first-order chi connectivity index (χ1) is 13.8. The van der Waals surface area contributed by atoms with Crippen LogP contribution in [0.3, 0.4) is 0 Å². The first kappa shape index (κ1) is 21.2. The van der Waals surface area contributed by atoms with E-state index in [2.05, 4.69) is 29.3 Å². The Hall–Kier alpha value is -2.54. The molecule has 3 rings (SSSR count). The van der Waals surface area contributed by atoms with E-state index in [1.165, 1.54) is 17.7 Å². The summed E-state index contributed by atoms with van der Waals surface area (Å²) in [5, 5.41) is 2.97. The van der Waals surface area contributed by atoms with Crippen LogP contribution in [0.4, 0.5) is 13.2 Å². The number of hydrogen-bond donors (Lipinski definition) is 1. The molecule has 29 heavy (non-hydrogen) atoms. The maximum atomic E-state index is 12.6. The summed E-state index contributed by atoms with van der Waals surface area (Å²) in [6.07, 6.45) is -2.69. The number of carbonyl (C=O) groups excluding carboxylic acids is 1. The molecule has 2 aromatic carbocycles. The average molecular weight is 406 g/mol. The van der Waals surface area contributed by atoms with Crippen molar-refractivity contribution in [3.63, 3.8) is 0 Å². The van der Waals surface area contributed by atoms with E-state index >= 15 is 0 Å². The molecule has 4 nitrogen and oxygen atoms in total. The van der Waals surface area contributed by atoms with Gasteiger partial charge in [-0.05, 0) is 49.6 Å². The van der Waals surface area contributed by atoms with Gasteiger partial charge in [0.25, 0.3) is 5.91 Å². The zero-order chi connectivity index (χ0) is 20.9. The molecule has 2 aromatic rings. The number of carbonyl (C=O) groups is 1. The molecule has 7 heteroatoms. The van der Waals surface area contributed by atoms with Gasteiger partial charge in [-0.1, -0.05) is 30.3 Å². The van der Waals surface area contributed by atoms with Crippen molar-refractivity contribution in [3.05, 3.63) is 65.7 Å². The molecule has 0 spiro atoms. The van der Waals surface area contributed by atoms with Crippen molar-refractivity contribution in [1.29, 1.82) is 0 Å². The quantitative estimate of drug-likeness (QED) is 0.780. The Kier molecular flexibility index (Phi) is 6.79. The van der Waals surface area contributed by atoms with Crippen molar-refractivity contribution < 1.29 is 22.7 Å². The summed E-state index contributed by atoms with van der Waals surface area (Å²) in [4.78, 5) is 14.6. The molecule has 0 unspecified atom stereocenters. The second-order valence-electron chi connectivity index (χ2n) is 7.40. The normalized spacial score (nSPS) is 20.3. The highest BCUT2D eigenvalue weighted by Gasteiger charge is 2.30. The monoisotopic (exact) mass is 406 g/mol. The Morgan fingerprint density at radius 2 is 1.83 bits per heavy atom. The second kappa shape index (κ2) is 9.31. The van der Waals surface area contributed by atoms with Crippen LogP contribution in [0.15, 0.2) is 54.6 Å². The summed E-state index contributed by atoms with van der Waals surface area (Å²) < 4.78 is 43.0. The van der Waals surface area contributed by atoms with Crippen LogP contribution in [0, 0.1) is 0 Å². The van der Waals surface area contributed by atoms with E-state index in [4.69, 9.17) is 4.74 Å². The van der Waals surface area contributed by atoms with Crippen molar-refractivity contribution in [2.75, 3.05) is 13.2 Å². The Labute approximate surface area is 168 Å². The molecule has 0 saturated carbocycles. The molecule has 1 saturated heterocycles. The summed E-state index contributed by atoms with van der Waals surface area (Å²) in [6.45, 7) is 3.71. The molecule has 0 bridgehead atoms. The zero-order valence-electron chi connectivity index (χ0n) is 16.3. The van der Waals surface area contributed by atoms with E-state index in [9.17, 15) is 18.0 Å². The number of ether oxygens (including phenoxy) is 1. The Balaban J connectivity index is 1.42. The van der Waals surface area contributed by atoms with E-state index in [1.807, 2.05) is 18.2 Å². The summed E-state index contributed by atoms with van der Waals surface area (Å²) in [5.41, 5.74) is 0.525. The highest BCUT2D eigenvalue weighted by Crippen LogP contribution is 2.30. The van der Waals surface area contributed by atoms with Crippen molar-refractivity contribution in [1.82, 2.24) is 10.2 Å². The summed E-state index contributed by atoms with van der Waals surface area (Å²) >= 11 is 0. The largest absolute Gasteiger partial charge is 0.484 e. The zero-order valence-corrected chi connectivity index (χ0v) is 16.3. The molecule has 1 aliphatic heterocycles. The van der Waals surface area contributed by atoms with E-state index < -0.39 is 11.7 Å². The first-order valence-electron chi connectivity index (χ1n) is 9.68. The van der Waals surface area contributed by atoms with Gasteiger partial charge in [-0.15, -0.1) is 0 Å². The number of nitrogens with zero attached hydrogens (tertiary/aromatic N) is 1. The van der Waals surface area contributed by atoms with Crippen LogP contribution >= 0.6 is 0 Å². The summed E-state index contributed by atoms with van der Waals surface area (Å²) in [5.74, 6) is -0.0298. The number of alkyl halides is 3. The van der Waals surface area contributed by atoms with Crippen LogP contribution in [0.25, 0.3) is 0 Å². The number of amides is 1. The van der Waals surface area contributed by atoms with Gasteiger partial charge in [-0.25, -0.2) is 0 Å². The summed E-state index contributed by atoms with van der Waals surface area (Å²) in [6, 6.07) is 15.0. The number of rotatable bonds is 6. The minimum Gasteiger partial charge on any atom is -0.484 e. The Morgan fingerprint density at radius 1 is 1.14 bits per heavy atom. The second-order valence-corrected chi connectivity index (χ2v) is 7.40. The van der Waals surface area contributed by atoms with Gasteiger partial charge in [0, 0.05) is 25.2 Å². The molecule has 2 atom stereocenters. The maximum absolute atomic E-state index is 12.6. The summed E-state index contributed by atoms with van der Waals surface area (Å²) in [7, 11) is 0. The SMILES string of the molecule is C[C@@H]1C[C@@H](NC(=O)COc2ccc(C(F)(F)F)cc2)CCN1Cc1ccccc1. The predicted molar refractivity (Wildman–Crippen MR) is 104 cm³/mol. The van der Waals surface area contributed by atoms with Gasteiger partial charge < -0.3 is 10.1 Å². The Bertz CT molecular complexity index is 794. The van der Waals surface area contributed by atoms with Crippen LogP contribution in [-0.4, -0.2) is 36.0 Å². The van der Waals surface area contributed by atoms with Gasteiger partial charge >= 0.3 is 6.18 Å². The van der Waals surface area contributed by atoms with Crippen LogP contribution in [0.2, 0.25) is 0 Å². The fourth-order valence-electron chi connectivity index (χ4n) is 3.56.